The number of Topliss-reactive ketones (excluding diaryl/α,β-unsaturated/α-hetero) is 1. The summed E-state index contributed by atoms with van der Waals surface area (Å²) in [5.41, 5.74) is -0.247. The number of hydrogen-bond donors (Lipinski definition) is 0. The van der Waals surface area contributed by atoms with Crippen LogP contribution in [0, 0.1) is 17.2 Å². The van der Waals surface area contributed by atoms with Crippen LogP contribution in [0.5, 0.6) is 5.75 Å². The minimum atomic E-state index is -0.750. The van der Waals surface area contributed by atoms with Gasteiger partial charge in [0.15, 0.2) is 5.78 Å². The summed E-state index contributed by atoms with van der Waals surface area (Å²) in [4.78, 5) is 12.0. The zero-order valence-electron chi connectivity index (χ0n) is 8.65. The van der Waals surface area contributed by atoms with Gasteiger partial charge in [0.25, 0.3) is 0 Å². The maximum absolute atomic E-state index is 12.0. The Morgan fingerprint density at radius 2 is 2.07 bits per heavy atom. The van der Waals surface area contributed by atoms with Gasteiger partial charge < -0.3 is 4.74 Å². The summed E-state index contributed by atoms with van der Waals surface area (Å²) in [6.07, 6.45) is 0. The summed E-state index contributed by atoms with van der Waals surface area (Å²) in [6.45, 7) is 3.52. The molecule has 2 rings (SSSR count). The second-order valence-electron chi connectivity index (χ2n) is 4.13. The first-order valence-electron chi connectivity index (χ1n) is 4.78. The molecule has 0 N–H and O–H groups in total. The summed E-state index contributed by atoms with van der Waals surface area (Å²) < 4.78 is 5.65. The third-order valence-electron chi connectivity index (χ3n) is 2.61. The standard InChI is InChI=1S/C12H11NO2/c1-12(2)9(7-13)11(14)8-5-3-4-6-10(8)15-12/h3-6,9H,1-2H3/t9-/m1/s1. The number of benzene rings is 1. The maximum atomic E-state index is 12.0. The quantitative estimate of drug-likeness (QED) is 0.646. The van der Waals surface area contributed by atoms with Crippen molar-refractivity contribution >= 4 is 5.78 Å². The van der Waals surface area contributed by atoms with Gasteiger partial charge in [0.1, 0.15) is 17.3 Å². The molecule has 1 aliphatic heterocycles. The average Bonchev–Trinajstić information content (AvgIpc) is 2.17. The molecule has 0 aromatic heterocycles. The van der Waals surface area contributed by atoms with Crippen LogP contribution in [0.4, 0.5) is 0 Å². The normalized spacial score (nSPS) is 22.5. The van der Waals surface area contributed by atoms with E-state index < -0.39 is 11.5 Å². The van der Waals surface area contributed by atoms with Gasteiger partial charge in [-0.05, 0) is 26.0 Å². The molecule has 1 heterocycles. The van der Waals surface area contributed by atoms with Crippen LogP contribution < -0.4 is 4.74 Å². The Labute approximate surface area is 88.3 Å². The highest BCUT2D eigenvalue weighted by atomic mass is 16.5. The summed E-state index contributed by atoms with van der Waals surface area (Å²) in [7, 11) is 0. The number of ether oxygens (including phenoxy) is 1. The first-order chi connectivity index (χ1) is 7.06. The molecular weight excluding hydrogens is 190 g/mol. The minimum absolute atomic E-state index is 0.149. The van der Waals surface area contributed by atoms with Crippen LogP contribution in [-0.2, 0) is 0 Å². The molecule has 0 amide bonds. The van der Waals surface area contributed by atoms with Crippen LogP contribution in [0.25, 0.3) is 0 Å². The zero-order chi connectivity index (χ0) is 11.1. The van der Waals surface area contributed by atoms with Crippen molar-refractivity contribution in [3.05, 3.63) is 29.8 Å². The van der Waals surface area contributed by atoms with Crippen LogP contribution in [0.15, 0.2) is 24.3 Å². The number of nitrogens with zero attached hydrogens (tertiary/aromatic N) is 1. The lowest BCUT2D eigenvalue weighted by atomic mass is 9.82. The first kappa shape index (κ1) is 9.72. The van der Waals surface area contributed by atoms with E-state index in [4.69, 9.17) is 10.00 Å². The fourth-order valence-corrected chi connectivity index (χ4v) is 1.79. The lowest BCUT2D eigenvalue weighted by Crippen LogP contribution is -2.45. The number of carbonyl (C=O) groups is 1. The molecule has 0 fully saturated rings. The molecule has 1 atom stereocenters. The Bertz CT molecular complexity index is 457. The van der Waals surface area contributed by atoms with Crippen molar-refractivity contribution in [2.45, 2.75) is 19.4 Å². The molecule has 0 saturated carbocycles. The van der Waals surface area contributed by atoms with E-state index in [1.807, 2.05) is 12.1 Å². The Hall–Kier alpha value is -1.82. The molecule has 1 aromatic carbocycles. The molecule has 0 radical (unpaired) electrons. The largest absolute Gasteiger partial charge is 0.485 e. The van der Waals surface area contributed by atoms with Gasteiger partial charge in [0.2, 0.25) is 0 Å². The monoisotopic (exact) mass is 201 g/mol. The molecule has 76 valence electrons. The lowest BCUT2D eigenvalue weighted by molar-refractivity contribution is 0.0422. The highest BCUT2D eigenvalue weighted by molar-refractivity contribution is 6.03. The van der Waals surface area contributed by atoms with Crippen LogP contribution in [0.2, 0.25) is 0 Å². The van der Waals surface area contributed by atoms with E-state index in [9.17, 15) is 4.79 Å². The molecule has 3 nitrogen and oxygen atoms in total. The number of hydrogen-bond acceptors (Lipinski definition) is 3. The van der Waals surface area contributed by atoms with Crippen molar-refractivity contribution < 1.29 is 9.53 Å². The number of ketones is 1. The molecule has 3 heteroatoms. The summed E-state index contributed by atoms with van der Waals surface area (Å²) in [5, 5.41) is 8.97. The highest BCUT2D eigenvalue weighted by Crippen LogP contribution is 2.36. The first-order valence-corrected chi connectivity index (χ1v) is 4.78. The number of rotatable bonds is 0. The SMILES string of the molecule is CC1(C)Oc2ccccc2C(=O)[C@H]1C#N. The minimum Gasteiger partial charge on any atom is -0.485 e. The fourth-order valence-electron chi connectivity index (χ4n) is 1.79. The molecule has 1 aromatic rings. The van der Waals surface area contributed by atoms with E-state index in [2.05, 4.69) is 0 Å². The Balaban J connectivity index is 2.57. The van der Waals surface area contributed by atoms with Crippen LogP contribution in [-0.4, -0.2) is 11.4 Å². The third-order valence-corrected chi connectivity index (χ3v) is 2.61. The molecule has 15 heavy (non-hydrogen) atoms. The second-order valence-corrected chi connectivity index (χ2v) is 4.13. The zero-order valence-corrected chi connectivity index (χ0v) is 8.65. The van der Waals surface area contributed by atoms with Crippen molar-refractivity contribution in [1.29, 1.82) is 5.26 Å². The van der Waals surface area contributed by atoms with Gasteiger partial charge in [0, 0.05) is 0 Å². The maximum Gasteiger partial charge on any atom is 0.187 e. The van der Waals surface area contributed by atoms with Crippen LogP contribution in [0.3, 0.4) is 0 Å². The second kappa shape index (κ2) is 3.09. The molecule has 0 unspecified atom stereocenters. The molecule has 0 saturated heterocycles. The van der Waals surface area contributed by atoms with E-state index in [0.717, 1.165) is 0 Å². The fraction of sp³-hybridized carbons (Fsp3) is 0.333. The topological polar surface area (TPSA) is 50.1 Å². The van der Waals surface area contributed by atoms with Gasteiger partial charge in [-0.1, -0.05) is 12.1 Å². The molecular formula is C12H11NO2. The number of nitriles is 1. The van der Waals surface area contributed by atoms with Crippen molar-refractivity contribution in [3.63, 3.8) is 0 Å². The molecule has 0 bridgehead atoms. The average molecular weight is 201 g/mol. The number of carbonyl (C=O) groups excluding carboxylic acids is 1. The van der Waals surface area contributed by atoms with E-state index in [-0.39, 0.29) is 5.78 Å². The van der Waals surface area contributed by atoms with Crippen LogP contribution >= 0.6 is 0 Å². The predicted molar refractivity (Wildman–Crippen MR) is 54.6 cm³/mol. The summed E-state index contributed by atoms with van der Waals surface area (Å²) >= 11 is 0. The number of para-hydroxylation sites is 1. The van der Waals surface area contributed by atoms with E-state index in [1.165, 1.54) is 0 Å². The van der Waals surface area contributed by atoms with Crippen molar-refractivity contribution in [3.8, 4) is 11.8 Å². The van der Waals surface area contributed by atoms with Crippen molar-refractivity contribution in [1.82, 2.24) is 0 Å². The smallest absolute Gasteiger partial charge is 0.187 e. The highest BCUT2D eigenvalue weighted by Gasteiger charge is 2.43. The van der Waals surface area contributed by atoms with Gasteiger partial charge in [-0.15, -0.1) is 0 Å². The summed E-state index contributed by atoms with van der Waals surface area (Å²) in [6, 6.07) is 9.04. The van der Waals surface area contributed by atoms with Crippen molar-refractivity contribution in [2.24, 2.45) is 5.92 Å². The molecule has 0 aliphatic carbocycles. The van der Waals surface area contributed by atoms with Gasteiger partial charge in [-0.3, -0.25) is 4.79 Å². The molecule has 0 spiro atoms. The van der Waals surface area contributed by atoms with Crippen molar-refractivity contribution in [2.75, 3.05) is 0 Å². The van der Waals surface area contributed by atoms with Crippen LogP contribution in [0.1, 0.15) is 24.2 Å². The van der Waals surface area contributed by atoms with E-state index in [1.54, 1.807) is 32.0 Å². The van der Waals surface area contributed by atoms with Gasteiger partial charge in [-0.2, -0.15) is 5.26 Å². The number of fused-ring (bicyclic) bond motifs is 1. The van der Waals surface area contributed by atoms with E-state index in [0.29, 0.717) is 11.3 Å². The third kappa shape index (κ3) is 1.39. The Morgan fingerprint density at radius 1 is 1.40 bits per heavy atom. The Kier molecular flexibility index (Phi) is 2.01. The van der Waals surface area contributed by atoms with Gasteiger partial charge in [-0.25, -0.2) is 0 Å². The lowest BCUT2D eigenvalue weighted by Gasteiger charge is -2.35. The summed E-state index contributed by atoms with van der Waals surface area (Å²) in [5.74, 6) is -0.309. The predicted octanol–water partition coefficient (Wildman–Crippen LogP) is 2.18. The van der Waals surface area contributed by atoms with Gasteiger partial charge in [0.05, 0.1) is 11.6 Å². The Morgan fingerprint density at radius 3 is 2.73 bits per heavy atom. The molecule has 1 aliphatic rings. The van der Waals surface area contributed by atoms with E-state index >= 15 is 0 Å². The van der Waals surface area contributed by atoms with Gasteiger partial charge >= 0.3 is 0 Å².